The summed E-state index contributed by atoms with van der Waals surface area (Å²) in [6.07, 6.45) is 4.34. The lowest BCUT2D eigenvalue weighted by Crippen LogP contribution is -2.13. The first-order valence-electron chi connectivity index (χ1n) is 7.66. The van der Waals surface area contributed by atoms with Gasteiger partial charge in [-0.3, -0.25) is 9.48 Å². The van der Waals surface area contributed by atoms with Crippen LogP contribution in [0.5, 0.6) is 11.6 Å². The summed E-state index contributed by atoms with van der Waals surface area (Å²) < 4.78 is 7.38. The second-order valence-corrected chi connectivity index (χ2v) is 5.29. The highest BCUT2D eigenvalue weighted by Gasteiger charge is 2.06. The molecular weight excluding hydrogens is 304 g/mol. The molecular formula is C18H18N4O2. The molecule has 3 aromatic rings. The smallest absolute Gasteiger partial charge is 0.224 e. The summed E-state index contributed by atoms with van der Waals surface area (Å²) >= 11 is 0. The number of anilines is 1. The molecule has 0 bridgehead atoms. The highest BCUT2D eigenvalue weighted by Crippen LogP contribution is 2.19. The zero-order valence-corrected chi connectivity index (χ0v) is 13.3. The maximum Gasteiger partial charge on any atom is 0.224 e. The topological polar surface area (TPSA) is 69.0 Å². The van der Waals surface area contributed by atoms with Crippen LogP contribution in [-0.4, -0.2) is 20.7 Å². The molecule has 0 saturated carbocycles. The fourth-order valence-electron chi connectivity index (χ4n) is 2.24. The van der Waals surface area contributed by atoms with Gasteiger partial charge >= 0.3 is 0 Å². The zero-order chi connectivity index (χ0) is 16.8. The molecule has 24 heavy (non-hydrogen) atoms. The minimum absolute atomic E-state index is 0.0604. The molecule has 0 aliphatic heterocycles. The minimum atomic E-state index is -0.0604. The molecule has 3 rings (SSSR count). The molecule has 0 aliphatic carbocycles. The van der Waals surface area contributed by atoms with Gasteiger partial charge in [0, 0.05) is 31.4 Å². The van der Waals surface area contributed by atoms with Crippen LogP contribution in [0.25, 0.3) is 0 Å². The van der Waals surface area contributed by atoms with Gasteiger partial charge in [-0.15, -0.1) is 0 Å². The molecule has 0 spiro atoms. The quantitative estimate of drug-likeness (QED) is 0.757. The van der Waals surface area contributed by atoms with E-state index in [2.05, 4.69) is 15.4 Å². The maximum absolute atomic E-state index is 12.0. The molecule has 2 aromatic heterocycles. The summed E-state index contributed by atoms with van der Waals surface area (Å²) in [5.41, 5.74) is 1.67. The van der Waals surface area contributed by atoms with Crippen molar-refractivity contribution in [3.8, 4) is 11.6 Å². The number of nitrogens with one attached hydrogen (secondary N) is 1. The second-order valence-electron chi connectivity index (χ2n) is 5.29. The molecule has 1 aromatic carbocycles. The van der Waals surface area contributed by atoms with E-state index < -0.39 is 0 Å². The van der Waals surface area contributed by atoms with Crippen molar-refractivity contribution in [2.75, 3.05) is 5.32 Å². The van der Waals surface area contributed by atoms with Gasteiger partial charge in [0.05, 0.1) is 11.9 Å². The molecule has 0 unspecified atom stereocenters. The summed E-state index contributed by atoms with van der Waals surface area (Å²) in [6, 6.07) is 14.8. The Bertz CT molecular complexity index is 797. The number of rotatable bonds is 6. The van der Waals surface area contributed by atoms with Crippen LogP contribution in [0.2, 0.25) is 0 Å². The highest BCUT2D eigenvalue weighted by atomic mass is 16.5. The van der Waals surface area contributed by atoms with Crippen molar-refractivity contribution < 1.29 is 9.53 Å². The summed E-state index contributed by atoms with van der Waals surface area (Å²) in [7, 11) is 1.86. The van der Waals surface area contributed by atoms with Gasteiger partial charge in [0.15, 0.2) is 0 Å². The number of aromatic nitrogens is 3. The molecule has 0 radical (unpaired) electrons. The molecule has 0 atom stereocenters. The lowest BCUT2D eigenvalue weighted by molar-refractivity contribution is -0.116. The lowest BCUT2D eigenvalue weighted by Gasteiger charge is -2.07. The first-order valence-corrected chi connectivity index (χ1v) is 7.66. The van der Waals surface area contributed by atoms with E-state index in [1.54, 1.807) is 29.2 Å². The molecule has 1 amide bonds. The average molecular weight is 322 g/mol. The number of hydrogen-bond donors (Lipinski definition) is 1. The first-order chi connectivity index (χ1) is 11.7. The average Bonchev–Trinajstić information content (AvgIpc) is 3.01. The number of hydrogen-bond acceptors (Lipinski definition) is 4. The summed E-state index contributed by atoms with van der Waals surface area (Å²) in [5, 5.41) is 6.91. The predicted molar refractivity (Wildman–Crippen MR) is 90.9 cm³/mol. The highest BCUT2D eigenvalue weighted by molar-refractivity contribution is 5.90. The third-order valence-electron chi connectivity index (χ3n) is 3.52. The van der Waals surface area contributed by atoms with Crippen molar-refractivity contribution in [3.63, 3.8) is 0 Å². The Morgan fingerprint density at radius 1 is 1.17 bits per heavy atom. The van der Waals surface area contributed by atoms with Crippen LogP contribution in [0.15, 0.2) is 60.9 Å². The molecule has 1 N–H and O–H groups in total. The number of ether oxygens (including phenoxy) is 1. The van der Waals surface area contributed by atoms with Crippen molar-refractivity contribution in [3.05, 3.63) is 66.6 Å². The zero-order valence-electron chi connectivity index (χ0n) is 13.3. The third kappa shape index (κ3) is 4.19. The van der Waals surface area contributed by atoms with E-state index in [0.29, 0.717) is 24.4 Å². The Morgan fingerprint density at radius 2 is 2.00 bits per heavy atom. The second kappa shape index (κ2) is 7.41. The summed E-state index contributed by atoms with van der Waals surface area (Å²) in [5.74, 6) is 1.14. The Kier molecular flexibility index (Phi) is 4.86. The number of nitrogens with zero attached hydrogens (tertiary/aromatic N) is 3. The van der Waals surface area contributed by atoms with Gasteiger partial charge in [0.1, 0.15) is 5.75 Å². The van der Waals surface area contributed by atoms with Crippen molar-refractivity contribution in [1.82, 2.24) is 14.8 Å². The van der Waals surface area contributed by atoms with Crippen LogP contribution >= 0.6 is 0 Å². The van der Waals surface area contributed by atoms with Crippen molar-refractivity contribution >= 4 is 11.6 Å². The van der Waals surface area contributed by atoms with E-state index in [1.807, 2.05) is 43.4 Å². The molecule has 0 fully saturated rings. The number of amides is 1. The van der Waals surface area contributed by atoms with E-state index in [9.17, 15) is 4.79 Å². The molecule has 0 aliphatic rings. The van der Waals surface area contributed by atoms with E-state index in [0.717, 1.165) is 11.4 Å². The fraction of sp³-hybridized carbons (Fsp3) is 0.167. The number of carbonyl (C=O) groups is 1. The fourth-order valence-corrected chi connectivity index (χ4v) is 2.24. The van der Waals surface area contributed by atoms with E-state index in [1.165, 1.54) is 0 Å². The van der Waals surface area contributed by atoms with Crippen molar-refractivity contribution in [2.45, 2.75) is 12.8 Å². The van der Waals surface area contributed by atoms with Crippen LogP contribution < -0.4 is 10.1 Å². The van der Waals surface area contributed by atoms with Gasteiger partial charge in [-0.05, 0) is 30.7 Å². The number of benzene rings is 1. The van der Waals surface area contributed by atoms with Gasteiger partial charge in [0.25, 0.3) is 0 Å². The summed E-state index contributed by atoms with van der Waals surface area (Å²) in [4.78, 5) is 16.2. The SMILES string of the molecule is Cn1nccc1CCC(=O)Nc1ccc(Oc2ccccc2)nc1. The van der Waals surface area contributed by atoms with E-state index in [-0.39, 0.29) is 5.91 Å². The van der Waals surface area contributed by atoms with Crippen LogP contribution in [0.4, 0.5) is 5.69 Å². The predicted octanol–water partition coefficient (Wildman–Crippen LogP) is 3.18. The molecule has 122 valence electrons. The van der Waals surface area contributed by atoms with Gasteiger partial charge in [-0.1, -0.05) is 18.2 Å². The lowest BCUT2D eigenvalue weighted by atomic mass is 10.2. The van der Waals surface area contributed by atoms with Crippen LogP contribution in [-0.2, 0) is 18.3 Å². The molecule has 6 nitrogen and oxygen atoms in total. The van der Waals surface area contributed by atoms with Crippen molar-refractivity contribution in [1.29, 1.82) is 0 Å². The van der Waals surface area contributed by atoms with E-state index >= 15 is 0 Å². The van der Waals surface area contributed by atoms with E-state index in [4.69, 9.17) is 4.74 Å². The van der Waals surface area contributed by atoms with Crippen molar-refractivity contribution in [2.24, 2.45) is 7.05 Å². The van der Waals surface area contributed by atoms with Crippen LogP contribution in [0.1, 0.15) is 12.1 Å². The maximum atomic E-state index is 12.0. The Hall–Kier alpha value is -3.15. The van der Waals surface area contributed by atoms with Gasteiger partial charge in [0.2, 0.25) is 11.8 Å². The Balaban J connectivity index is 1.52. The number of pyridine rings is 1. The molecule has 6 heteroatoms. The monoisotopic (exact) mass is 322 g/mol. The third-order valence-corrected chi connectivity index (χ3v) is 3.52. The normalized spacial score (nSPS) is 10.4. The molecule has 2 heterocycles. The Morgan fingerprint density at radius 3 is 2.67 bits per heavy atom. The van der Waals surface area contributed by atoms with Gasteiger partial charge in [-0.2, -0.15) is 5.10 Å². The Labute approximate surface area is 140 Å². The van der Waals surface area contributed by atoms with Gasteiger partial charge < -0.3 is 10.1 Å². The minimum Gasteiger partial charge on any atom is -0.439 e. The standard InChI is InChI=1S/C18H18N4O2/c1-22-15(11-12-20-22)8-9-17(23)21-14-7-10-18(19-13-14)24-16-5-3-2-4-6-16/h2-7,10-13H,8-9H2,1H3,(H,21,23). The van der Waals surface area contributed by atoms with Crippen LogP contribution in [0.3, 0.4) is 0 Å². The molecule has 0 saturated heterocycles. The van der Waals surface area contributed by atoms with Gasteiger partial charge in [-0.25, -0.2) is 4.98 Å². The number of aryl methyl sites for hydroxylation is 2. The summed E-state index contributed by atoms with van der Waals surface area (Å²) in [6.45, 7) is 0. The van der Waals surface area contributed by atoms with Crippen LogP contribution in [0, 0.1) is 0 Å². The number of carbonyl (C=O) groups excluding carboxylic acids is 1. The first kappa shape index (κ1) is 15.7. The largest absolute Gasteiger partial charge is 0.439 e. The number of para-hydroxylation sites is 1.